The minimum atomic E-state index is -1.33. The molecule has 0 fully saturated rings. The van der Waals surface area contributed by atoms with E-state index in [1.54, 1.807) is 30.3 Å². The minimum absolute atomic E-state index is 0.119. The number of aromatic hydroxyl groups is 1. The summed E-state index contributed by atoms with van der Waals surface area (Å²) in [6.07, 6.45) is 0.381. The topological polar surface area (TPSA) is 169 Å². The fraction of sp³-hybridized carbons (Fsp3) is 0.160. The largest absolute Gasteiger partial charge is 0.507 e. The number of benzene rings is 3. The number of hydrogen-bond donors (Lipinski definition) is 5. The Morgan fingerprint density at radius 3 is 2.43 bits per heavy atom. The smallest absolute Gasteiger partial charge is 0.311 e. The number of fused-ring (bicyclic) bond motifs is 1. The second-order valence-electron chi connectivity index (χ2n) is 7.94. The standard InChI is InChI=1S/C25H22N4O5S/c1-35-20-5-3-2-4-14(20)16-8-13(15(25(33)34)11-21(30)31)9-17(22(16)32)24-28-18-7-6-12(23(26)27)10-19(18)29-24/h2-10,15,24,32H,11H2,1H3,(H3,26,27)(H,30,31)(H,33,34). The van der Waals surface area contributed by atoms with Gasteiger partial charge in [-0.1, -0.05) is 18.2 Å². The Bertz CT molecular complexity index is 1490. The number of carbonyl (C=O) groups is 2. The van der Waals surface area contributed by atoms with Gasteiger partial charge in [0.25, 0.3) is 0 Å². The summed E-state index contributed by atoms with van der Waals surface area (Å²) in [6, 6.07) is 15.2. The molecule has 4 rings (SSSR count). The van der Waals surface area contributed by atoms with E-state index >= 15 is 0 Å². The van der Waals surface area contributed by atoms with Crippen molar-refractivity contribution in [2.24, 2.45) is 15.7 Å². The van der Waals surface area contributed by atoms with Crippen LogP contribution in [0.4, 0.5) is 0 Å². The molecule has 0 spiro atoms. The molecule has 3 aromatic carbocycles. The molecule has 0 bridgehead atoms. The van der Waals surface area contributed by atoms with E-state index in [1.807, 2.05) is 18.4 Å². The quantitative estimate of drug-likeness (QED) is 0.184. The molecule has 0 saturated heterocycles. The lowest BCUT2D eigenvalue weighted by Gasteiger charge is -2.19. The first-order valence-corrected chi connectivity index (χ1v) is 11.8. The van der Waals surface area contributed by atoms with Crippen LogP contribution in [0.15, 0.2) is 69.5 Å². The average Bonchev–Trinajstić information content (AvgIpc) is 3.25. The lowest BCUT2D eigenvalue weighted by molar-refractivity contribution is -0.145. The van der Waals surface area contributed by atoms with Crippen molar-refractivity contribution in [1.29, 1.82) is 5.41 Å². The number of nitrogen functional groups attached to an aromatic ring is 1. The zero-order chi connectivity index (χ0) is 25.3. The molecule has 1 aliphatic rings. The molecule has 35 heavy (non-hydrogen) atoms. The average molecular weight is 491 g/mol. The summed E-state index contributed by atoms with van der Waals surface area (Å²) in [6.45, 7) is 0. The van der Waals surface area contributed by atoms with Crippen LogP contribution >= 0.6 is 11.8 Å². The van der Waals surface area contributed by atoms with Crippen molar-refractivity contribution in [3.05, 3.63) is 82.0 Å². The van der Waals surface area contributed by atoms with E-state index in [1.165, 1.54) is 23.9 Å². The van der Waals surface area contributed by atoms with Gasteiger partial charge in [0, 0.05) is 21.6 Å². The number of nitrogens with two attached hydrogens (primary N) is 1. The summed E-state index contributed by atoms with van der Waals surface area (Å²) in [5, 5.41) is 39.1. The highest BCUT2D eigenvalue weighted by atomic mass is 32.2. The number of phenolic OH excluding ortho intramolecular Hbond substituents is 1. The molecule has 0 amide bonds. The molecule has 10 heteroatoms. The maximum atomic E-state index is 12.0. The number of carboxylic acid groups (broad SMARTS) is 2. The van der Waals surface area contributed by atoms with E-state index in [-0.39, 0.29) is 22.7 Å². The van der Waals surface area contributed by atoms with E-state index in [2.05, 4.69) is 9.98 Å². The van der Waals surface area contributed by atoms with E-state index in [0.717, 1.165) is 4.90 Å². The van der Waals surface area contributed by atoms with Crippen LogP contribution in [-0.2, 0) is 9.59 Å². The van der Waals surface area contributed by atoms with E-state index in [4.69, 9.17) is 11.1 Å². The van der Waals surface area contributed by atoms with Crippen molar-refractivity contribution in [3.63, 3.8) is 0 Å². The van der Waals surface area contributed by atoms with Gasteiger partial charge in [-0.05, 0) is 53.8 Å². The third-order valence-electron chi connectivity index (χ3n) is 5.73. The predicted octanol–water partition coefficient (Wildman–Crippen LogP) is 2.66. The fourth-order valence-electron chi connectivity index (χ4n) is 4.01. The molecule has 0 aromatic heterocycles. The third kappa shape index (κ3) is 4.73. The van der Waals surface area contributed by atoms with E-state index in [0.29, 0.717) is 27.4 Å². The van der Waals surface area contributed by atoms with Gasteiger partial charge in [-0.25, -0.2) is 0 Å². The van der Waals surface area contributed by atoms with Gasteiger partial charge in [-0.2, -0.15) is 0 Å². The minimum Gasteiger partial charge on any atom is -0.507 e. The van der Waals surface area contributed by atoms with Crippen molar-refractivity contribution in [1.82, 2.24) is 0 Å². The molecule has 2 unspecified atom stereocenters. The second-order valence-corrected chi connectivity index (χ2v) is 8.79. The Morgan fingerprint density at radius 1 is 1.06 bits per heavy atom. The van der Waals surface area contributed by atoms with Gasteiger partial charge in [0.2, 0.25) is 0 Å². The number of carboxylic acids is 2. The Hall–Kier alpha value is -4.18. The van der Waals surface area contributed by atoms with Crippen LogP contribution in [0.5, 0.6) is 5.75 Å². The molecule has 0 aliphatic carbocycles. The van der Waals surface area contributed by atoms with Crippen molar-refractivity contribution in [2.75, 3.05) is 6.26 Å². The molecule has 178 valence electrons. The van der Waals surface area contributed by atoms with Gasteiger partial charge in [-0.15, -0.1) is 11.8 Å². The van der Waals surface area contributed by atoms with Crippen LogP contribution in [0.25, 0.3) is 11.1 Å². The van der Waals surface area contributed by atoms with Crippen LogP contribution in [0.2, 0.25) is 0 Å². The van der Waals surface area contributed by atoms with Gasteiger partial charge in [0.1, 0.15) is 11.6 Å². The number of hydrogen-bond acceptors (Lipinski definition) is 7. The van der Waals surface area contributed by atoms with Gasteiger partial charge in [0.05, 0.1) is 23.1 Å². The first kappa shape index (κ1) is 24.0. The number of amidine groups is 1. The van der Waals surface area contributed by atoms with Crippen LogP contribution in [-0.4, -0.2) is 39.3 Å². The lowest BCUT2D eigenvalue weighted by Crippen LogP contribution is -2.24. The highest BCUT2D eigenvalue weighted by molar-refractivity contribution is 7.98. The summed E-state index contributed by atoms with van der Waals surface area (Å²) in [7, 11) is 0. The van der Waals surface area contributed by atoms with Crippen molar-refractivity contribution in [2.45, 2.75) is 23.4 Å². The molecule has 1 aliphatic heterocycles. The first-order valence-electron chi connectivity index (χ1n) is 10.5. The normalized spacial score (nSPS) is 14.9. The van der Waals surface area contributed by atoms with E-state index in [9.17, 15) is 24.9 Å². The first-order chi connectivity index (χ1) is 16.7. The number of rotatable bonds is 8. The van der Waals surface area contributed by atoms with Gasteiger partial charge < -0.3 is 21.1 Å². The molecular formula is C25H22N4O5S. The van der Waals surface area contributed by atoms with Crippen LogP contribution in [0, 0.1) is 5.41 Å². The molecule has 0 radical (unpaired) electrons. The lowest BCUT2D eigenvalue weighted by atomic mass is 9.89. The summed E-state index contributed by atoms with van der Waals surface area (Å²) >= 11 is 1.46. The summed E-state index contributed by atoms with van der Waals surface area (Å²) in [5.74, 6) is -4.11. The number of thioether (sulfide) groups is 1. The van der Waals surface area contributed by atoms with Gasteiger partial charge in [-0.3, -0.25) is 25.0 Å². The van der Waals surface area contributed by atoms with Crippen LogP contribution in [0.3, 0.4) is 0 Å². The van der Waals surface area contributed by atoms with Gasteiger partial charge >= 0.3 is 11.9 Å². The van der Waals surface area contributed by atoms with E-state index < -0.39 is 30.4 Å². The Balaban J connectivity index is 1.95. The molecule has 1 heterocycles. The Labute approximate surface area is 204 Å². The number of phenols is 1. The molecule has 0 saturated carbocycles. The van der Waals surface area contributed by atoms with Crippen LogP contribution < -0.4 is 16.4 Å². The predicted molar refractivity (Wildman–Crippen MR) is 130 cm³/mol. The summed E-state index contributed by atoms with van der Waals surface area (Å²) in [4.78, 5) is 33.4. The van der Waals surface area contributed by atoms with Crippen molar-refractivity contribution in [3.8, 4) is 16.9 Å². The number of aliphatic carboxylic acids is 2. The number of nitrogens with one attached hydrogen (secondary N) is 1. The van der Waals surface area contributed by atoms with Crippen LogP contribution in [0.1, 0.15) is 35.2 Å². The monoisotopic (exact) mass is 490 g/mol. The van der Waals surface area contributed by atoms with Crippen molar-refractivity contribution < 1.29 is 24.9 Å². The molecule has 9 nitrogen and oxygen atoms in total. The number of nitrogens with zero attached hydrogens (tertiary/aromatic N) is 2. The maximum Gasteiger partial charge on any atom is 0.311 e. The van der Waals surface area contributed by atoms with Crippen molar-refractivity contribution >= 4 is 29.5 Å². The maximum absolute atomic E-state index is 12.0. The zero-order valence-corrected chi connectivity index (χ0v) is 19.4. The summed E-state index contributed by atoms with van der Waals surface area (Å²) in [5.41, 5.74) is 7.57. The zero-order valence-electron chi connectivity index (χ0n) is 18.6. The molecule has 6 N–H and O–H groups in total. The Kier molecular flexibility index (Phi) is 6.57. The third-order valence-corrected chi connectivity index (χ3v) is 6.52. The highest BCUT2D eigenvalue weighted by Crippen LogP contribution is 2.43. The fourth-order valence-corrected chi connectivity index (χ4v) is 4.62. The summed E-state index contributed by atoms with van der Waals surface area (Å²) < 4.78 is 0. The second kappa shape index (κ2) is 9.59. The SMILES string of the molecule is CSc1ccccc1-c1cc(C(CC(=O)O)C(=O)O)cc(C2N=c3ccc(C(=N)N)cc3=N2)c1O. The molecular weight excluding hydrogens is 468 g/mol. The highest BCUT2D eigenvalue weighted by Gasteiger charge is 2.28. The molecule has 3 aromatic rings. The molecule has 2 atom stereocenters. The van der Waals surface area contributed by atoms with Gasteiger partial charge in [0.15, 0.2) is 6.17 Å². The Morgan fingerprint density at radius 2 is 1.77 bits per heavy atom.